The molecule has 3 rings (SSSR count). The largest absolute Gasteiger partial charge is 0.438 e. The molecular weight excluding hydrogens is 422 g/mol. The van der Waals surface area contributed by atoms with Gasteiger partial charge in [-0.3, -0.25) is 4.68 Å². The summed E-state index contributed by atoms with van der Waals surface area (Å²) in [6.07, 6.45) is 3.50. The molecule has 0 aliphatic carbocycles. The maximum atomic E-state index is 12.2. The number of nitrogens with zero attached hydrogens (tertiary/aromatic N) is 3. The standard InChI is InChI=1S/C20H22BrN5O2/c1-14(2)13-26-10-8-16(25-26)12-23-20(27)24-15-7-9-22-19(11-15)28-18-6-4-3-5-17(18)21/h3-11,14H,12-13H2,1-2H3,(H2,22,23,24,27). The molecule has 1 aromatic carbocycles. The fraction of sp³-hybridized carbons (Fsp3) is 0.250. The van der Waals surface area contributed by atoms with Gasteiger partial charge < -0.3 is 15.4 Å². The molecule has 0 aliphatic heterocycles. The number of hydrogen-bond acceptors (Lipinski definition) is 4. The zero-order chi connectivity index (χ0) is 19.9. The summed E-state index contributed by atoms with van der Waals surface area (Å²) in [6, 6.07) is 12.4. The highest BCUT2D eigenvalue weighted by molar-refractivity contribution is 9.10. The van der Waals surface area contributed by atoms with Crippen molar-refractivity contribution in [3.8, 4) is 11.6 Å². The number of carbonyl (C=O) groups excluding carboxylic acids is 1. The molecule has 2 N–H and O–H groups in total. The summed E-state index contributed by atoms with van der Waals surface area (Å²) < 4.78 is 8.46. The van der Waals surface area contributed by atoms with Crippen molar-refractivity contribution in [1.82, 2.24) is 20.1 Å². The Hall–Kier alpha value is -2.87. The van der Waals surface area contributed by atoms with Crippen molar-refractivity contribution in [2.24, 2.45) is 5.92 Å². The second-order valence-electron chi connectivity index (χ2n) is 6.65. The van der Waals surface area contributed by atoms with E-state index in [-0.39, 0.29) is 6.03 Å². The molecule has 0 atom stereocenters. The van der Waals surface area contributed by atoms with Crippen LogP contribution in [-0.2, 0) is 13.1 Å². The minimum Gasteiger partial charge on any atom is -0.438 e. The molecule has 2 aromatic heterocycles. The first-order chi connectivity index (χ1) is 13.5. The lowest BCUT2D eigenvalue weighted by Crippen LogP contribution is -2.28. The number of halogens is 1. The van der Waals surface area contributed by atoms with Gasteiger partial charge in [0, 0.05) is 30.7 Å². The molecule has 0 unspecified atom stereocenters. The van der Waals surface area contributed by atoms with Crippen molar-refractivity contribution in [2.45, 2.75) is 26.9 Å². The van der Waals surface area contributed by atoms with Crippen LogP contribution in [0.3, 0.4) is 0 Å². The van der Waals surface area contributed by atoms with E-state index in [1.807, 2.05) is 41.2 Å². The minimum absolute atomic E-state index is 0.323. The molecule has 146 valence electrons. The van der Waals surface area contributed by atoms with Gasteiger partial charge in [0.2, 0.25) is 5.88 Å². The van der Waals surface area contributed by atoms with Crippen LogP contribution >= 0.6 is 15.9 Å². The lowest BCUT2D eigenvalue weighted by atomic mass is 10.2. The number of aromatic nitrogens is 3. The van der Waals surface area contributed by atoms with E-state index in [1.165, 1.54) is 0 Å². The summed E-state index contributed by atoms with van der Waals surface area (Å²) in [7, 11) is 0. The van der Waals surface area contributed by atoms with Gasteiger partial charge in [-0.2, -0.15) is 5.10 Å². The maximum Gasteiger partial charge on any atom is 0.319 e. The quantitative estimate of drug-likeness (QED) is 0.548. The number of benzene rings is 1. The van der Waals surface area contributed by atoms with E-state index in [4.69, 9.17) is 4.74 Å². The van der Waals surface area contributed by atoms with Gasteiger partial charge in [0.05, 0.1) is 16.7 Å². The van der Waals surface area contributed by atoms with Gasteiger partial charge in [-0.1, -0.05) is 26.0 Å². The third-order valence-corrected chi connectivity index (χ3v) is 4.38. The summed E-state index contributed by atoms with van der Waals surface area (Å²) in [5.74, 6) is 1.55. The van der Waals surface area contributed by atoms with Gasteiger partial charge in [0.25, 0.3) is 0 Å². The van der Waals surface area contributed by atoms with Gasteiger partial charge in [-0.05, 0) is 46.1 Å². The second-order valence-corrected chi connectivity index (χ2v) is 7.50. The number of amides is 2. The molecule has 28 heavy (non-hydrogen) atoms. The molecule has 0 spiro atoms. The van der Waals surface area contributed by atoms with Crippen LogP contribution in [0.2, 0.25) is 0 Å². The van der Waals surface area contributed by atoms with Gasteiger partial charge in [0.1, 0.15) is 5.75 Å². The monoisotopic (exact) mass is 443 g/mol. The Kier molecular flexibility index (Phi) is 6.65. The van der Waals surface area contributed by atoms with Gasteiger partial charge >= 0.3 is 6.03 Å². The molecule has 8 heteroatoms. The number of anilines is 1. The Morgan fingerprint density at radius 1 is 1.25 bits per heavy atom. The first kappa shape index (κ1) is 19.9. The fourth-order valence-electron chi connectivity index (χ4n) is 2.50. The molecule has 0 saturated heterocycles. The lowest BCUT2D eigenvalue weighted by molar-refractivity contribution is 0.251. The minimum atomic E-state index is -0.323. The number of rotatable bonds is 7. The number of para-hydroxylation sites is 1. The summed E-state index contributed by atoms with van der Waals surface area (Å²) in [4.78, 5) is 16.3. The average molecular weight is 444 g/mol. The maximum absolute atomic E-state index is 12.2. The van der Waals surface area contributed by atoms with E-state index in [0.29, 0.717) is 29.8 Å². The molecule has 7 nitrogen and oxygen atoms in total. The van der Waals surface area contributed by atoms with E-state index in [2.05, 4.69) is 50.5 Å². The van der Waals surface area contributed by atoms with E-state index in [9.17, 15) is 4.79 Å². The third-order valence-electron chi connectivity index (χ3n) is 3.72. The van der Waals surface area contributed by atoms with Gasteiger partial charge in [-0.25, -0.2) is 9.78 Å². The zero-order valence-electron chi connectivity index (χ0n) is 15.7. The average Bonchev–Trinajstić information content (AvgIpc) is 3.09. The van der Waals surface area contributed by atoms with Gasteiger partial charge in [0.15, 0.2) is 0 Å². The predicted octanol–water partition coefficient (Wildman–Crippen LogP) is 4.81. The predicted molar refractivity (Wildman–Crippen MR) is 111 cm³/mol. The molecule has 0 bridgehead atoms. The van der Waals surface area contributed by atoms with Crippen LogP contribution in [0.25, 0.3) is 0 Å². The van der Waals surface area contributed by atoms with Crippen molar-refractivity contribution in [1.29, 1.82) is 0 Å². The van der Waals surface area contributed by atoms with Crippen LogP contribution in [0.5, 0.6) is 11.6 Å². The van der Waals surface area contributed by atoms with Crippen molar-refractivity contribution in [2.75, 3.05) is 5.32 Å². The van der Waals surface area contributed by atoms with Crippen molar-refractivity contribution in [3.63, 3.8) is 0 Å². The number of urea groups is 1. The highest BCUT2D eigenvalue weighted by Crippen LogP contribution is 2.28. The number of hydrogen-bond donors (Lipinski definition) is 2. The molecule has 2 amide bonds. The summed E-state index contributed by atoms with van der Waals surface area (Å²) >= 11 is 3.43. The third kappa shape index (κ3) is 5.82. The van der Waals surface area contributed by atoms with Crippen molar-refractivity contribution < 1.29 is 9.53 Å². The summed E-state index contributed by atoms with van der Waals surface area (Å²) in [6.45, 7) is 5.47. The lowest BCUT2D eigenvalue weighted by Gasteiger charge is -2.09. The highest BCUT2D eigenvalue weighted by Gasteiger charge is 2.07. The summed E-state index contributed by atoms with van der Waals surface area (Å²) in [5.41, 5.74) is 1.39. The molecular formula is C20H22BrN5O2. The SMILES string of the molecule is CC(C)Cn1ccc(CNC(=O)Nc2ccnc(Oc3ccccc3Br)c2)n1. The van der Waals surface area contributed by atoms with Crippen molar-refractivity contribution in [3.05, 3.63) is 65.0 Å². The Bertz CT molecular complexity index is 942. The van der Waals surface area contributed by atoms with E-state index in [1.54, 1.807) is 18.3 Å². The van der Waals surface area contributed by atoms with Crippen LogP contribution in [0.4, 0.5) is 10.5 Å². The second kappa shape index (κ2) is 9.36. The fourth-order valence-corrected chi connectivity index (χ4v) is 2.87. The molecule has 3 aromatic rings. The topological polar surface area (TPSA) is 81.1 Å². The summed E-state index contributed by atoms with van der Waals surface area (Å²) in [5, 5.41) is 10.0. The van der Waals surface area contributed by atoms with Gasteiger partial charge in [-0.15, -0.1) is 0 Å². The molecule has 0 fully saturated rings. The van der Waals surface area contributed by atoms with Crippen LogP contribution in [0.15, 0.2) is 59.3 Å². The van der Waals surface area contributed by atoms with E-state index >= 15 is 0 Å². The Morgan fingerprint density at radius 3 is 2.86 bits per heavy atom. The van der Waals surface area contributed by atoms with Crippen LogP contribution in [-0.4, -0.2) is 20.8 Å². The number of pyridine rings is 1. The first-order valence-corrected chi connectivity index (χ1v) is 9.74. The van der Waals surface area contributed by atoms with E-state index in [0.717, 1.165) is 16.7 Å². The first-order valence-electron chi connectivity index (χ1n) is 8.95. The van der Waals surface area contributed by atoms with Crippen LogP contribution in [0.1, 0.15) is 19.5 Å². The zero-order valence-corrected chi connectivity index (χ0v) is 17.3. The number of nitrogens with one attached hydrogen (secondary N) is 2. The molecule has 2 heterocycles. The Morgan fingerprint density at radius 2 is 2.07 bits per heavy atom. The Balaban J connectivity index is 1.54. The molecule has 0 saturated carbocycles. The smallest absolute Gasteiger partial charge is 0.319 e. The molecule has 0 aliphatic rings. The Labute approximate surface area is 172 Å². The van der Waals surface area contributed by atoms with Crippen LogP contribution in [0, 0.1) is 5.92 Å². The number of ether oxygens (including phenoxy) is 1. The van der Waals surface area contributed by atoms with Crippen molar-refractivity contribution >= 4 is 27.6 Å². The van der Waals surface area contributed by atoms with E-state index < -0.39 is 0 Å². The normalized spacial score (nSPS) is 10.7. The molecule has 0 radical (unpaired) electrons. The number of carbonyl (C=O) groups is 1. The highest BCUT2D eigenvalue weighted by atomic mass is 79.9. The van der Waals surface area contributed by atoms with Crippen LogP contribution < -0.4 is 15.4 Å².